The molecule has 0 aromatic carbocycles. The van der Waals surface area contributed by atoms with Gasteiger partial charge in [0.15, 0.2) is 6.29 Å². The number of carbonyl (C=O) groups excluding carboxylic acids is 1. The Morgan fingerprint density at radius 2 is 1.50 bits per heavy atom. The SMILES string of the molecule is NC(N)=O.OC(O)=CC(O)O.[Cu]. The zero-order valence-electron chi connectivity index (χ0n) is 5.81. The molecule has 0 heterocycles. The number of aliphatic hydroxyl groups is 4. The van der Waals surface area contributed by atoms with Crippen molar-refractivity contribution in [3.63, 3.8) is 0 Å². The summed E-state index contributed by atoms with van der Waals surface area (Å²) in [7, 11) is 0. The number of hydrogen-bond donors (Lipinski definition) is 6. The Balaban J connectivity index is -0.000000142. The minimum Gasteiger partial charge on any atom is -0.481 e. The molecule has 0 aromatic rings. The first-order chi connectivity index (χ1) is 4.86. The Morgan fingerprint density at radius 3 is 1.50 bits per heavy atom. The van der Waals surface area contributed by atoms with E-state index in [2.05, 4.69) is 11.5 Å². The maximum Gasteiger partial charge on any atom is 0.309 e. The third-order valence-corrected chi connectivity index (χ3v) is 0.298. The minimum absolute atomic E-state index is 0. The van der Waals surface area contributed by atoms with Gasteiger partial charge in [-0.25, -0.2) is 4.79 Å². The number of amides is 2. The van der Waals surface area contributed by atoms with E-state index < -0.39 is 18.3 Å². The molecule has 2 amide bonds. The van der Waals surface area contributed by atoms with Crippen molar-refractivity contribution in [3.05, 3.63) is 12.0 Å². The average molecular weight is 230 g/mol. The van der Waals surface area contributed by atoms with E-state index in [9.17, 15) is 0 Å². The van der Waals surface area contributed by atoms with Crippen LogP contribution in [-0.4, -0.2) is 32.7 Å². The second-order valence-electron chi connectivity index (χ2n) is 1.34. The average Bonchev–Trinajstić information content (AvgIpc) is 1.56. The summed E-state index contributed by atoms with van der Waals surface area (Å²) in [4.78, 5) is 9.00. The standard InChI is InChI=1S/C3H6O4.CH4N2O.Cu/c4-2(5)1-3(6)7;2-1(3)4;/h1-2,4-7H;(H4,2,3,4);. The van der Waals surface area contributed by atoms with Crippen LogP contribution in [0.5, 0.6) is 0 Å². The fourth-order valence-electron chi connectivity index (χ4n) is 0.133. The monoisotopic (exact) mass is 229 g/mol. The minimum atomic E-state index is -1.79. The van der Waals surface area contributed by atoms with Gasteiger partial charge < -0.3 is 31.9 Å². The third kappa shape index (κ3) is 63.1. The second-order valence-corrected chi connectivity index (χ2v) is 1.34. The van der Waals surface area contributed by atoms with Gasteiger partial charge in [0.25, 0.3) is 5.95 Å². The first-order valence-electron chi connectivity index (χ1n) is 2.37. The maximum atomic E-state index is 9.00. The molecular formula is C4H10CuN2O5. The van der Waals surface area contributed by atoms with Crippen LogP contribution in [0.4, 0.5) is 4.79 Å². The number of hydrogen-bond acceptors (Lipinski definition) is 5. The molecule has 0 fully saturated rings. The van der Waals surface area contributed by atoms with E-state index in [-0.39, 0.29) is 17.1 Å². The van der Waals surface area contributed by atoms with E-state index in [1.807, 2.05) is 0 Å². The Hall–Kier alpha value is -0.951. The van der Waals surface area contributed by atoms with Crippen molar-refractivity contribution in [2.24, 2.45) is 11.5 Å². The summed E-state index contributed by atoms with van der Waals surface area (Å²) in [6.07, 6.45) is -1.31. The van der Waals surface area contributed by atoms with E-state index in [1.165, 1.54) is 0 Å². The van der Waals surface area contributed by atoms with Crippen LogP contribution in [0.25, 0.3) is 0 Å². The predicted octanol–water partition coefficient (Wildman–Crippen LogP) is -1.72. The number of urea groups is 1. The Kier molecular flexibility index (Phi) is 14.4. The molecule has 8 heteroatoms. The quantitative estimate of drug-likeness (QED) is 0.180. The van der Waals surface area contributed by atoms with Crippen LogP contribution in [0.3, 0.4) is 0 Å². The first-order valence-corrected chi connectivity index (χ1v) is 2.37. The van der Waals surface area contributed by atoms with E-state index in [0.717, 1.165) is 0 Å². The van der Waals surface area contributed by atoms with Crippen molar-refractivity contribution in [1.82, 2.24) is 0 Å². The normalized spacial score (nSPS) is 7.25. The predicted molar refractivity (Wildman–Crippen MR) is 35.3 cm³/mol. The summed E-state index contributed by atoms with van der Waals surface area (Å²) in [5.74, 6) is -1.09. The van der Waals surface area contributed by atoms with Crippen molar-refractivity contribution in [2.75, 3.05) is 0 Å². The molecule has 0 saturated carbocycles. The van der Waals surface area contributed by atoms with Gasteiger partial charge in [-0.15, -0.1) is 0 Å². The number of aliphatic hydroxyl groups excluding tert-OH is 2. The van der Waals surface area contributed by atoms with Gasteiger partial charge in [-0.3, -0.25) is 0 Å². The zero-order valence-corrected chi connectivity index (χ0v) is 6.75. The van der Waals surface area contributed by atoms with Crippen molar-refractivity contribution in [1.29, 1.82) is 0 Å². The summed E-state index contributed by atoms with van der Waals surface area (Å²) in [5.41, 5.74) is 8.50. The van der Waals surface area contributed by atoms with Crippen LogP contribution in [0.2, 0.25) is 0 Å². The smallest absolute Gasteiger partial charge is 0.309 e. The Morgan fingerprint density at radius 1 is 1.25 bits per heavy atom. The molecule has 7 nitrogen and oxygen atoms in total. The zero-order chi connectivity index (χ0) is 9.44. The van der Waals surface area contributed by atoms with Crippen LogP contribution in [0.1, 0.15) is 0 Å². The van der Waals surface area contributed by atoms with Crippen molar-refractivity contribution >= 4 is 6.03 Å². The van der Waals surface area contributed by atoms with Crippen LogP contribution in [0, 0.1) is 0 Å². The summed E-state index contributed by atoms with van der Waals surface area (Å²) < 4.78 is 0. The van der Waals surface area contributed by atoms with Gasteiger partial charge in [-0.1, -0.05) is 0 Å². The number of carbonyl (C=O) groups is 1. The summed E-state index contributed by atoms with van der Waals surface area (Å²) in [6.45, 7) is 0. The number of rotatable bonds is 1. The van der Waals surface area contributed by atoms with Crippen molar-refractivity contribution in [3.8, 4) is 0 Å². The van der Waals surface area contributed by atoms with Gasteiger partial charge in [0, 0.05) is 17.1 Å². The molecule has 0 aliphatic rings. The summed E-state index contributed by atoms with van der Waals surface area (Å²) in [6, 6.07) is -0.833. The second kappa shape index (κ2) is 10.0. The van der Waals surface area contributed by atoms with Gasteiger partial charge in [0.1, 0.15) is 0 Å². The Labute approximate surface area is 78.8 Å². The molecule has 0 aliphatic heterocycles. The molecule has 0 unspecified atom stereocenters. The number of primary amides is 2. The van der Waals surface area contributed by atoms with Gasteiger partial charge in [0.2, 0.25) is 0 Å². The van der Waals surface area contributed by atoms with Crippen molar-refractivity contribution in [2.45, 2.75) is 6.29 Å². The molecule has 77 valence electrons. The molecule has 8 N–H and O–H groups in total. The number of nitrogens with two attached hydrogens (primary N) is 2. The topological polar surface area (TPSA) is 150 Å². The molecule has 0 bridgehead atoms. The molecule has 0 spiro atoms. The molecule has 0 aromatic heterocycles. The molecule has 1 radical (unpaired) electrons. The van der Waals surface area contributed by atoms with Gasteiger partial charge in [-0.05, 0) is 0 Å². The van der Waals surface area contributed by atoms with E-state index >= 15 is 0 Å². The molecule has 0 saturated heterocycles. The Bertz CT molecular complexity index is 140. The van der Waals surface area contributed by atoms with Crippen LogP contribution in [0.15, 0.2) is 12.0 Å². The van der Waals surface area contributed by atoms with E-state index in [4.69, 9.17) is 25.2 Å². The largest absolute Gasteiger partial charge is 0.481 e. The maximum absolute atomic E-state index is 9.00. The van der Waals surface area contributed by atoms with Gasteiger partial charge >= 0.3 is 6.03 Å². The van der Waals surface area contributed by atoms with Crippen LogP contribution in [-0.2, 0) is 17.1 Å². The molecule has 12 heavy (non-hydrogen) atoms. The fraction of sp³-hybridized carbons (Fsp3) is 0.250. The first kappa shape index (κ1) is 17.2. The summed E-state index contributed by atoms with van der Waals surface area (Å²) >= 11 is 0. The van der Waals surface area contributed by atoms with E-state index in [0.29, 0.717) is 6.08 Å². The van der Waals surface area contributed by atoms with Gasteiger partial charge in [0.05, 0.1) is 6.08 Å². The molecule has 0 aliphatic carbocycles. The van der Waals surface area contributed by atoms with Crippen LogP contribution >= 0.6 is 0 Å². The van der Waals surface area contributed by atoms with Gasteiger partial charge in [-0.2, -0.15) is 0 Å². The van der Waals surface area contributed by atoms with E-state index in [1.54, 1.807) is 0 Å². The summed E-state index contributed by atoms with van der Waals surface area (Å²) in [5, 5.41) is 31.4. The molecule has 0 atom stereocenters. The molecular weight excluding hydrogens is 220 g/mol. The van der Waals surface area contributed by atoms with Crippen molar-refractivity contribution < 1.29 is 42.3 Å². The van der Waals surface area contributed by atoms with Crippen LogP contribution < -0.4 is 11.5 Å². The fourth-order valence-corrected chi connectivity index (χ4v) is 0.133. The third-order valence-electron chi connectivity index (χ3n) is 0.298. The molecule has 0 rings (SSSR count).